The first-order valence-electron chi connectivity index (χ1n) is 29.2. The Morgan fingerprint density at radius 3 is 0.600 bits per heavy atom. The first kappa shape index (κ1) is 86.8. The van der Waals surface area contributed by atoms with Crippen molar-refractivity contribution in [2.24, 2.45) is 0 Å². The van der Waals surface area contributed by atoms with Gasteiger partial charge < -0.3 is 101 Å². The Labute approximate surface area is 527 Å². The molecule has 0 bridgehead atoms. The van der Waals surface area contributed by atoms with Crippen LogP contribution in [0.2, 0.25) is 157 Å². The van der Waals surface area contributed by atoms with Crippen LogP contribution in [0.1, 0.15) is 19.3 Å². The molecule has 0 aromatic carbocycles. The summed E-state index contributed by atoms with van der Waals surface area (Å²) in [5.74, 6) is 0. The van der Waals surface area contributed by atoms with Crippen LogP contribution in [0.4, 0.5) is 8.78 Å². The molecule has 0 saturated carbocycles. The Morgan fingerprint density at radius 1 is 0.235 bits per heavy atom. The summed E-state index contributed by atoms with van der Waals surface area (Å²) in [5, 5.41) is 0. The molecule has 0 spiro atoms. The molecule has 0 saturated heterocycles. The largest absolute Gasteiger partial charge is 0.499 e. The third-order valence-corrected chi connectivity index (χ3v) is 62.9. The zero-order valence-corrected chi connectivity index (χ0v) is 70.9. The lowest BCUT2D eigenvalue weighted by Crippen LogP contribution is -2.63. The third kappa shape index (κ3) is 30.8. The van der Waals surface area contributed by atoms with Crippen molar-refractivity contribution in [1.82, 2.24) is 0 Å². The Balaban J connectivity index is 8.54. The van der Waals surface area contributed by atoms with E-state index >= 15 is 0 Å². The van der Waals surface area contributed by atoms with E-state index in [1.54, 1.807) is 107 Å². The van der Waals surface area contributed by atoms with Gasteiger partial charge in [-0.05, 0) is 134 Å². The Morgan fingerprint density at radius 2 is 0.424 bits per heavy atom. The van der Waals surface area contributed by atoms with Gasteiger partial charge in [-0.1, -0.05) is 0 Å². The van der Waals surface area contributed by atoms with Crippen molar-refractivity contribution in [3.8, 4) is 0 Å². The number of unbranched alkanes of at least 4 members (excludes halogenated alkanes) is 1. The molecular formula is C47H120F2O23Si13. The number of ether oxygens (including phenoxy) is 2. The monoisotopic (exact) mass is 1450 g/mol. The summed E-state index contributed by atoms with van der Waals surface area (Å²) in [6.45, 7) is 25.3. The maximum Gasteiger partial charge on any atom is 0.499 e. The number of hydrogen-bond acceptors (Lipinski definition) is 23. The van der Waals surface area contributed by atoms with E-state index < -0.39 is 124 Å². The van der Waals surface area contributed by atoms with E-state index in [1.165, 1.54) is 0 Å². The fourth-order valence-electron chi connectivity index (χ4n) is 9.85. The topological polar surface area (TPSA) is 212 Å². The van der Waals surface area contributed by atoms with Gasteiger partial charge in [0.1, 0.15) is 6.61 Å². The Bertz CT molecular complexity index is 1640. The molecule has 85 heavy (non-hydrogen) atoms. The van der Waals surface area contributed by atoms with Crippen molar-refractivity contribution in [1.29, 1.82) is 0 Å². The third-order valence-electron chi connectivity index (χ3n) is 15.3. The van der Waals surface area contributed by atoms with Gasteiger partial charge in [0.05, 0.1) is 0 Å². The molecule has 38 heteroatoms. The van der Waals surface area contributed by atoms with E-state index in [0.717, 1.165) is 7.11 Å². The van der Waals surface area contributed by atoms with Gasteiger partial charge in [0.2, 0.25) is 0 Å². The summed E-state index contributed by atoms with van der Waals surface area (Å²) >= 11 is 0. The van der Waals surface area contributed by atoms with E-state index in [2.05, 4.69) is 83.3 Å². The zero-order chi connectivity index (χ0) is 66.0. The maximum absolute atomic E-state index is 14.1. The van der Waals surface area contributed by atoms with Crippen LogP contribution in [-0.4, -0.2) is 245 Å². The summed E-state index contributed by atoms with van der Waals surface area (Å²) in [6, 6.07) is 7.11. The summed E-state index contributed by atoms with van der Waals surface area (Å²) in [4.78, 5) is 0. The van der Waals surface area contributed by atoms with Crippen LogP contribution in [0.3, 0.4) is 0 Å². The lowest BCUT2D eigenvalue weighted by atomic mass is 10.4. The molecule has 0 aromatic heterocycles. The van der Waals surface area contributed by atoms with Crippen molar-refractivity contribution >= 4 is 112 Å². The second kappa shape index (κ2) is 38.3. The average Bonchev–Trinajstić information content (AvgIpc) is 2.74. The smallest absolute Gasteiger partial charge is 0.417 e. The average molecular weight is 1460 g/mol. The molecular weight excluding hydrogens is 1340 g/mol. The molecule has 512 valence electrons. The second-order valence-electron chi connectivity index (χ2n) is 24.7. The molecule has 0 atom stereocenters. The summed E-state index contributed by atoms with van der Waals surface area (Å²) in [7, 11) is -14.5. The van der Waals surface area contributed by atoms with E-state index in [0.29, 0.717) is 97.8 Å². The summed E-state index contributed by atoms with van der Waals surface area (Å²) in [6.07, 6.45) is -1.78. The van der Waals surface area contributed by atoms with Crippen molar-refractivity contribution < 1.29 is 109 Å². The lowest BCUT2D eigenvalue weighted by molar-refractivity contribution is -0.249. The number of rotatable bonds is 54. The molecule has 23 nitrogen and oxygen atoms in total. The van der Waals surface area contributed by atoms with Gasteiger partial charge in [-0.3, -0.25) is 0 Å². The van der Waals surface area contributed by atoms with Crippen LogP contribution in [0, 0.1) is 0 Å². The predicted octanol–water partition coefficient (Wildman–Crippen LogP) is 11.0. The van der Waals surface area contributed by atoms with Crippen LogP contribution in [-0.2, 0) is 101 Å². The molecule has 0 unspecified atom stereocenters. The minimum atomic E-state index is -3.84. The highest BCUT2D eigenvalue weighted by Gasteiger charge is 2.57. The molecule has 0 amide bonds. The number of halogens is 2. The van der Waals surface area contributed by atoms with E-state index in [-0.39, 0.29) is 6.61 Å². The summed E-state index contributed by atoms with van der Waals surface area (Å²) < 4.78 is 174. The zero-order valence-electron chi connectivity index (χ0n) is 57.9. The SMILES string of the molecule is COC(F)(F)COCCC[Si](C)(C)O[Si](CCCC[Si](O[Si](C)(C)CC[Si](OC)(OC)OC)(O[Si](C)(C)CC[Si](OC)(OC)OC)O[Si](C)(C)CC[Si](OC)(OC)OC)(O[Si](C)(C)CC[Si](OC)(OC)OC)O[Si](C)(C)CC[Si](OC)(OC)OC. The van der Waals surface area contributed by atoms with E-state index in [4.69, 9.17) is 95.8 Å². The van der Waals surface area contributed by atoms with Crippen LogP contribution in [0.15, 0.2) is 0 Å². The van der Waals surface area contributed by atoms with Crippen LogP contribution in [0.25, 0.3) is 0 Å². The number of alkyl halides is 2. The van der Waals surface area contributed by atoms with Crippen molar-refractivity contribution in [2.45, 2.75) is 183 Å². The molecule has 0 heterocycles. The molecule has 0 N–H and O–H groups in total. The highest BCUT2D eigenvalue weighted by molar-refractivity contribution is 6.93. The van der Waals surface area contributed by atoms with E-state index in [1.807, 2.05) is 0 Å². The van der Waals surface area contributed by atoms with Gasteiger partial charge in [0.15, 0.2) is 49.9 Å². The molecule has 0 aliphatic rings. The highest BCUT2D eigenvalue weighted by atomic mass is 28.5. The Hall–Kier alpha value is 1.76. The van der Waals surface area contributed by atoms with Crippen LogP contribution in [0.5, 0.6) is 0 Å². The van der Waals surface area contributed by atoms with Gasteiger partial charge in [-0.15, -0.1) is 0 Å². The van der Waals surface area contributed by atoms with Gasteiger partial charge >= 0.3 is 67.7 Å². The number of methoxy groups -OCH3 is 1. The minimum absolute atomic E-state index is 0.0828. The first-order chi connectivity index (χ1) is 39.2. The van der Waals surface area contributed by atoms with Crippen LogP contribution >= 0.6 is 0 Å². The van der Waals surface area contributed by atoms with E-state index in [9.17, 15) is 8.78 Å². The predicted molar refractivity (Wildman–Crippen MR) is 356 cm³/mol. The standard InChI is InChI=1S/C47H120F2O23Si13/c1-50-47(48,49)46-66-32-31-33-73(17,18)67-84(68-74(19,20)36-41-79(51-2,52-3)53-4,69-75(21,22)37-42-80(54-5,55-6)56-7)34-29-30-35-85(70-76(23,24)38-43-81(57-8,58-9)59-10,71-77(25,26)39-44-82(60-11,61-12)62-13)72-78(27,28)40-45-83(63-14,64-15)65-16/h29-46H2,1-28H3. The Kier molecular flexibility index (Phi) is 39.1. The molecule has 0 radical (unpaired) electrons. The normalized spacial score (nSPS) is 14.8. The van der Waals surface area contributed by atoms with Crippen molar-refractivity contribution in [2.75, 3.05) is 127 Å². The maximum atomic E-state index is 14.1. The first-order valence-corrected chi connectivity index (χ1v) is 61.4. The van der Waals surface area contributed by atoms with Gasteiger partial charge in [-0.2, -0.15) is 8.78 Å². The lowest BCUT2D eigenvalue weighted by Gasteiger charge is -2.46. The van der Waals surface area contributed by atoms with Crippen molar-refractivity contribution in [3.63, 3.8) is 0 Å². The second-order valence-corrected chi connectivity index (χ2v) is 72.9. The quantitative estimate of drug-likeness (QED) is 0.0409. The molecule has 0 aromatic rings. The fraction of sp³-hybridized carbons (Fsp3) is 1.00. The molecule has 0 aliphatic carbocycles. The highest BCUT2D eigenvalue weighted by Crippen LogP contribution is 2.41. The number of hydrogen-bond donors (Lipinski definition) is 0. The molecule has 0 rings (SSSR count). The van der Waals surface area contributed by atoms with Gasteiger partial charge in [0.25, 0.3) is 0 Å². The minimum Gasteiger partial charge on any atom is -0.417 e. The fourth-order valence-corrected chi connectivity index (χ4v) is 64.3. The van der Waals surface area contributed by atoms with Crippen molar-refractivity contribution in [3.05, 3.63) is 0 Å². The van der Waals surface area contributed by atoms with Crippen LogP contribution < -0.4 is 0 Å². The van der Waals surface area contributed by atoms with Gasteiger partial charge in [0, 0.05) is 163 Å². The van der Waals surface area contributed by atoms with Gasteiger partial charge in [-0.25, -0.2) is 0 Å². The molecule has 0 fully saturated rings. The molecule has 0 aliphatic heterocycles. The summed E-state index contributed by atoms with van der Waals surface area (Å²) in [5.41, 5.74) is 0.